The third-order valence-electron chi connectivity index (χ3n) is 7.63. The highest BCUT2D eigenvalue weighted by molar-refractivity contribution is 6.09. The van der Waals surface area contributed by atoms with Gasteiger partial charge in [-0.25, -0.2) is 24.9 Å². The second kappa shape index (κ2) is 7.39. The summed E-state index contributed by atoms with van der Waals surface area (Å²) in [6.45, 7) is 2.44. The number of imidazole rings is 1. The highest BCUT2D eigenvalue weighted by Crippen LogP contribution is 2.50. The van der Waals surface area contributed by atoms with Crippen molar-refractivity contribution in [3.8, 4) is 22.6 Å². The van der Waals surface area contributed by atoms with Gasteiger partial charge in [-0.2, -0.15) is 0 Å². The standard InChI is InChI=1S/C26H24N8O2/c1-14-27-11-17(12-28-14)22-32-21-20(29-13-30-23(21)33(22)2)16-6-7-19-18(10-16)26(25(36)31-19)8-3-9-34(26)24(35)15-4-5-15/h6-7,10-13,15H,3-5,8-9H2,1-2H3,(H,31,36)/t26-/m1/s1. The van der Waals surface area contributed by atoms with Crippen molar-refractivity contribution in [1.82, 2.24) is 34.4 Å². The van der Waals surface area contributed by atoms with Gasteiger partial charge in [0, 0.05) is 48.7 Å². The van der Waals surface area contributed by atoms with E-state index in [1.165, 1.54) is 6.33 Å². The molecule has 1 saturated heterocycles. The van der Waals surface area contributed by atoms with Crippen LogP contribution in [0.1, 0.15) is 37.1 Å². The molecule has 1 saturated carbocycles. The fourth-order valence-electron chi connectivity index (χ4n) is 5.65. The summed E-state index contributed by atoms with van der Waals surface area (Å²) in [5.41, 5.74) is 4.26. The summed E-state index contributed by atoms with van der Waals surface area (Å²) in [6.07, 6.45) is 8.26. The molecule has 3 aromatic heterocycles. The largest absolute Gasteiger partial charge is 0.324 e. The first-order valence-electron chi connectivity index (χ1n) is 12.2. The van der Waals surface area contributed by atoms with Crippen LogP contribution in [0.2, 0.25) is 0 Å². The lowest BCUT2D eigenvalue weighted by molar-refractivity contribution is -0.143. The quantitative estimate of drug-likeness (QED) is 0.479. The van der Waals surface area contributed by atoms with Gasteiger partial charge in [0.1, 0.15) is 34.7 Å². The molecule has 3 aliphatic rings. The van der Waals surface area contributed by atoms with Crippen molar-refractivity contribution in [2.24, 2.45) is 13.0 Å². The highest BCUT2D eigenvalue weighted by Gasteiger charge is 2.57. The fourth-order valence-corrected chi connectivity index (χ4v) is 5.65. The second-order valence-corrected chi connectivity index (χ2v) is 9.85. The Hall–Kier alpha value is -4.21. The minimum Gasteiger partial charge on any atom is -0.324 e. The van der Waals surface area contributed by atoms with Gasteiger partial charge in [-0.1, -0.05) is 6.07 Å². The zero-order chi connectivity index (χ0) is 24.6. The summed E-state index contributed by atoms with van der Waals surface area (Å²) >= 11 is 0. The van der Waals surface area contributed by atoms with Crippen molar-refractivity contribution >= 4 is 28.7 Å². The second-order valence-electron chi connectivity index (χ2n) is 9.85. The molecule has 2 amide bonds. The maximum Gasteiger partial charge on any atom is 0.255 e. The molecule has 4 aromatic rings. The Kier molecular flexibility index (Phi) is 4.33. The smallest absolute Gasteiger partial charge is 0.255 e. The molecule has 1 spiro atoms. The minimum atomic E-state index is -0.953. The van der Waals surface area contributed by atoms with E-state index in [4.69, 9.17) is 4.98 Å². The van der Waals surface area contributed by atoms with Gasteiger partial charge < -0.3 is 14.8 Å². The van der Waals surface area contributed by atoms with Crippen molar-refractivity contribution in [1.29, 1.82) is 0 Å². The monoisotopic (exact) mass is 480 g/mol. The molecular weight excluding hydrogens is 456 g/mol. The molecule has 1 atom stereocenters. The Labute approximate surface area is 206 Å². The Morgan fingerprint density at radius 3 is 2.69 bits per heavy atom. The number of benzene rings is 1. The van der Waals surface area contributed by atoms with Gasteiger partial charge in [-0.3, -0.25) is 9.59 Å². The van der Waals surface area contributed by atoms with E-state index in [1.807, 2.05) is 41.6 Å². The van der Waals surface area contributed by atoms with Crippen LogP contribution in [0.4, 0.5) is 5.69 Å². The summed E-state index contributed by atoms with van der Waals surface area (Å²) in [7, 11) is 1.90. The number of anilines is 1. The van der Waals surface area contributed by atoms with Crippen molar-refractivity contribution < 1.29 is 9.59 Å². The van der Waals surface area contributed by atoms with Crippen LogP contribution >= 0.6 is 0 Å². The van der Waals surface area contributed by atoms with E-state index in [1.54, 1.807) is 12.4 Å². The minimum absolute atomic E-state index is 0.0548. The Bertz CT molecular complexity index is 1570. The number of amides is 2. The molecule has 2 aliphatic heterocycles. The van der Waals surface area contributed by atoms with E-state index >= 15 is 0 Å². The zero-order valence-electron chi connectivity index (χ0n) is 20.0. The first-order valence-corrected chi connectivity index (χ1v) is 12.2. The molecule has 0 unspecified atom stereocenters. The van der Waals surface area contributed by atoms with Crippen LogP contribution in [0, 0.1) is 12.8 Å². The van der Waals surface area contributed by atoms with Crippen LogP contribution in [0.15, 0.2) is 36.9 Å². The molecule has 1 aromatic carbocycles. The number of nitrogens with one attached hydrogen (secondary N) is 1. The maximum atomic E-state index is 13.3. The third-order valence-corrected chi connectivity index (χ3v) is 7.63. The van der Waals surface area contributed by atoms with E-state index in [2.05, 4.69) is 25.3 Å². The molecule has 0 radical (unpaired) electrons. The number of carbonyl (C=O) groups excluding carboxylic acids is 2. The van der Waals surface area contributed by atoms with Gasteiger partial charge >= 0.3 is 0 Å². The number of nitrogens with zero attached hydrogens (tertiary/aromatic N) is 7. The van der Waals surface area contributed by atoms with E-state index in [0.717, 1.165) is 41.6 Å². The van der Waals surface area contributed by atoms with E-state index < -0.39 is 5.54 Å². The number of aryl methyl sites for hydroxylation is 2. The van der Waals surface area contributed by atoms with Crippen molar-refractivity contribution in [3.63, 3.8) is 0 Å². The van der Waals surface area contributed by atoms with Gasteiger partial charge in [0.2, 0.25) is 5.91 Å². The number of hydrogen-bond donors (Lipinski definition) is 1. The topological polar surface area (TPSA) is 119 Å². The van der Waals surface area contributed by atoms with E-state index in [0.29, 0.717) is 41.5 Å². The fraction of sp³-hybridized carbons (Fsp3) is 0.346. The average Bonchev–Trinajstić information content (AvgIpc) is 3.47. The van der Waals surface area contributed by atoms with Crippen LogP contribution in [0.3, 0.4) is 0 Å². The van der Waals surface area contributed by atoms with Crippen molar-refractivity contribution in [2.75, 3.05) is 11.9 Å². The highest BCUT2D eigenvalue weighted by atomic mass is 16.2. The van der Waals surface area contributed by atoms with Crippen LogP contribution in [-0.2, 0) is 22.2 Å². The molecule has 1 N–H and O–H groups in total. The molecule has 10 heteroatoms. The van der Waals surface area contributed by atoms with Crippen LogP contribution in [0.5, 0.6) is 0 Å². The van der Waals surface area contributed by atoms with Gasteiger partial charge in [0.25, 0.3) is 5.91 Å². The molecular formula is C26H24N8O2. The van der Waals surface area contributed by atoms with Gasteiger partial charge in [0.15, 0.2) is 5.65 Å². The number of carbonyl (C=O) groups is 2. The lowest BCUT2D eigenvalue weighted by Crippen LogP contribution is -2.50. The van der Waals surface area contributed by atoms with Gasteiger partial charge in [-0.05, 0) is 44.7 Å². The lowest BCUT2D eigenvalue weighted by Gasteiger charge is -2.33. The van der Waals surface area contributed by atoms with Crippen molar-refractivity contribution in [3.05, 3.63) is 48.3 Å². The summed E-state index contributed by atoms with van der Waals surface area (Å²) in [5.74, 6) is 1.42. The first-order chi connectivity index (χ1) is 17.5. The number of aromatic nitrogens is 6. The van der Waals surface area contributed by atoms with Crippen LogP contribution < -0.4 is 5.32 Å². The average molecular weight is 481 g/mol. The Balaban J connectivity index is 1.37. The van der Waals surface area contributed by atoms with Crippen LogP contribution in [0.25, 0.3) is 33.8 Å². The predicted octanol–water partition coefficient (Wildman–Crippen LogP) is 2.98. The zero-order valence-corrected chi connectivity index (χ0v) is 20.0. The molecule has 2 fully saturated rings. The number of likely N-dealkylation sites (tertiary alicyclic amines) is 1. The van der Waals surface area contributed by atoms with Gasteiger partial charge in [0.05, 0.1) is 5.56 Å². The van der Waals surface area contributed by atoms with Crippen molar-refractivity contribution in [2.45, 2.75) is 38.1 Å². The molecule has 5 heterocycles. The summed E-state index contributed by atoms with van der Waals surface area (Å²) < 4.78 is 1.90. The predicted molar refractivity (Wildman–Crippen MR) is 131 cm³/mol. The number of hydrogen-bond acceptors (Lipinski definition) is 7. The SMILES string of the molecule is Cc1ncc(-c2nc3c(-c4ccc5c(c4)[C@]4(CCCN4C(=O)C4CC4)C(=O)N5)ncnc3n2C)cn1. The molecule has 7 rings (SSSR count). The maximum absolute atomic E-state index is 13.3. The summed E-state index contributed by atoms with van der Waals surface area (Å²) in [6, 6.07) is 5.84. The summed E-state index contributed by atoms with van der Waals surface area (Å²) in [4.78, 5) is 50.9. The molecule has 10 nitrogen and oxygen atoms in total. The molecule has 1 aliphatic carbocycles. The van der Waals surface area contributed by atoms with E-state index in [9.17, 15) is 9.59 Å². The molecule has 180 valence electrons. The molecule has 0 bridgehead atoms. The Morgan fingerprint density at radius 2 is 1.92 bits per heavy atom. The lowest BCUT2D eigenvalue weighted by atomic mass is 9.86. The summed E-state index contributed by atoms with van der Waals surface area (Å²) in [5, 5.41) is 3.03. The normalized spacial score (nSPS) is 20.8. The number of rotatable bonds is 3. The van der Waals surface area contributed by atoms with E-state index in [-0.39, 0.29) is 17.7 Å². The van der Waals surface area contributed by atoms with Crippen LogP contribution in [-0.4, -0.2) is 52.7 Å². The number of fused-ring (bicyclic) bond motifs is 3. The first kappa shape index (κ1) is 21.1. The Morgan fingerprint density at radius 1 is 1.11 bits per heavy atom. The molecule has 36 heavy (non-hydrogen) atoms. The van der Waals surface area contributed by atoms with Gasteiger partial charge in [-0.15, -0.1) is 0 Å². The third kappa shape index (κ3) is 2.87.